The molecule has 7 atom stereocenters. The van der Waals surface area contributed by atoms with Gasteiger partial charge in [-0.3, -0.25) is 0 Å². The van der Waals surface area contributed by atoms with Crippen molar-refractivity contribution in [1.82, 2.24) is 0 Å². The second kappa shape index (κ2) is 3.53. The van der Waals surface area contributed by atoms with Gasteiger partial charge in [-0.05, 0) is 91.9 Å². The molecule has 0 amide bonds. The van der Waals surface area contributed by atoms with Crippen LogP contribution in [0, 0.1) is 40.4 Å². The topological polar surface area (TPSA) is 26.0 Å². The number of rotatable bonds is 1. The van der Waals surface area contributed by atoms with E-state index in [-0.39, 0.29) is 0 Å². The molecule has 4 rings (SSSR count). The molecule has 0 heterocycles. The maximum atomic E-state index is 6.14. The molecule has 18 heavy (non-hydrogen) atoms. The van der Waals surface area contributed by atoms with Crippen LogP contribution >= 0.6 is 0 Å². The van der Waals surface area contributed by atoms with E-state index in [2.05, 4.69) is 13.8 Å². The Morgan fingerprint density at radius 1 is 0.889 bits per heavy atom. The van der Waals surface area contributed by atoms with Crippen molar-refractivity contribution in [2.24, 2.45) is 46.2 Å². The fourth-order valence-corrected chi connectivity index (χ4v) is 6.88. The van der Waals surface area contributed by atoms with Gasteiger partial charge in [-0.15, -0.1) is 0 Å². The van der Waals surface area contributed by atoms with Gasteiger partial charge in [0.15, 0.2) is 0 Å². The van der Waals surface area contributed by atoms with E-state index < -0.39 is 0 Å². The summed E-state index contributed by atoms with van der Waals surface area (Å²) in [6.07, 6.45) is 10.6. The standard InChI is InChI=1S/C17H29N/c1-16-4-3-11-5-17(2)6-12(10-18)14(8-16)15(9-17)13(11)7-16/h11-15H,3-10,18H2,1-2H3. The monoisotopic (exact) mass is 247 g/mol. The summed E-state index contributed by atoms with van der Waals surface area (Å²) in [6.45, 7) is 6.10. The maximum Gasteiger partial charge on any atom is -0.00459 e. The van der Waals surface area contributed by atoms with E-state index in [4.69, 9.17) is 5.73 Å². The molecule has 1 nitrogen and oxygen atoms in total. The van der Waals surface area contributed by atoms with Crippen LogP contribution < -0.4 is 5.73 Å². The van der Waals surface area contributed by atoms with Crippen molar-refractivity contribution < 1.29 is 0 Å². The fourth-order valence-electron chi connectivity index (χ4n) is 6.88. The van der Waals surface area contributed by atoms with Gasteiger partial charge < -0.3 is 5.73 Å². The first-order valence-electron chi connectivity index (χ1n) is 8.22. The lowest BCUT2D eigenvalue weighted by Crippen LogP contribution is -2.57. The molecule has 4 saturated carbocycles. The van der Waals surface area contributed by atoms with Gasteiger partial charge in [0.1, 0.15) is 0 Å². The van der Waals surface area contributed by atoms with Crippen LogP contribution in [-0.4, -0.2) is 6.54 Å². The average molecular weight is 247 g/mol. The molecule has 4 aliphatic rings. The molecule has 4 fully saturated rings. The van der Waals surface area contributed by atoms with Crippen molar-refractivity contribution in [3.8, 4) is 0 Å². The highest BCUT2D eigenvalue weighted by atomic mass is 14.7. The van der Waals surface area contributed by atoms with Gasteiger partial charge in [-0.25, -0.2) is 0 Å². The van der Waals surface area contributed by atoms with E-state index >= 15 is 0 Å². The van der Waals surface area contributed by atoms with Gasteiger partial charge in [0.25, 0.3) is 0 Å². The SMILES string of the molecule is CC12CCC3CC4(C)CC(CN)C(C1)C(C4)C3C2. The Morgan fingerprint density at radius 3 is 2.39 bits per heavy atom. The zero-order valence-electron chi connectivity index (χ0n) is 12.1. The first kappa shape index (κ1) is 11.8. The highest BCUT2D eigenvalue weighted by molar-refractivity contribution is 5.08. The second-order valence-corrected chi connectivity index (χ2v) is 8.93. The normalized spacial score (nSPS) is 61.8. The molecule has 102 valence electrons. The molecule has 7 unspecified atom stereocenters. The van der Waals surface area contributed by atoms with E-state index in [0.717, 1.165) is 36.1 Å². The smallest absolute Gasteiger partial charge is 0.00459 e. The van der Waals surface area contributed by atoms with E-state index in [1.165, 1.54) is 38.5 Å². The Kier molecular flexibility index (Phi) is 2.31. The van der Waals surface area contributed by atoms with Crippen LogP contribution in [0.1, 0.15) is 58.8 Å². The Morgan fingerprint density at radius 2 is 1.61 bits per heavy atom. The Hall–Kier alpha value is -0.0400. The minimum absolute atomic E-state index is 0.650. The van der Waals surface area contributed by atoms with E-state index in [1.807, 2.05) is 0 Å². The van der Waals surface area contributed by atoms with Crippen LogP contribution in [0.4, 0.5) is 0 Å². The molecule has 0 radical (unpaired) electrons. The highest BCUT2D eigenvalue weighted by Crippen LogP contribution is 2.67. The van der Waals surface area contributed by atoms with Gasteiger partial charge in [-0.1, -0.05) is 13.8 Å². The third-order valence-electron chi connectivity index (χ3n) is 7.43. The molecule has 2 N–H and O–H groups in total. The summed E-state index contributed by atoms with van der Waals surface area (Å²) in [7, 11) is 0. The quantitative estimate of drug-likeness (QED) is 0.749. The number of hydrogen-bond acceptors (Lipinski definition) is 1. The van der Waals surface area contributed by atoms with Gasteiger partial charge in [0.05, 0.1) is 0 Å². The van der Waals surface area contributed by atoms with Crippen LogP contribution in [0.5, 0.6) is 0 Å². The summed E-state index contributed by atoms with van der Waals surface area (Å²) in [6, 6.07) is 0. The molecule has 0 aromatic carbocycles. The summed E-state index contributed by atoms with van der Waals surface area (Å²) in [5, 5.41) is 0. The van der Waals surface area contributed by atoms with Gasteiger partial charge in [0, 0.05) is 0 Å². The van der Waals surface area contributed by atoms with Gasteiger partial charge in [0.2, 0.25) is 0 Å². The molecular formula is C17H29N. The first-order valence-corrected chi connectivity index (χ1v) is 8.22. The maximum absolute atomic E-state index is 6.14. The predicted octanol–water partition coefficient (Wildman–Crippen LogP) is 3.82. The molecule has 0 saturated heterocycles. The lowest BCUT2D eigenvalue weighted by molar-refractivity contribution is -0.147. The molecule has 0 spiro atoms. The fraction of sp³-hybridized carbons (Fsp3) is 1.00. The Labute approximate surface area is 112 Å². The Balaban J connectivity index is 1.75. The van der Waals surface area contributed by atoms with E-state index in [1.54, 1.807) is 6.42 Å². The van der Waals surface area contributed by atoms with Gasteiger partial charge >= 0.3 is 0 Å². The number of fused-ring (bicyclic) bond motifs is 2. The highest BCUT2D eigenvalue weighted by Gasteiger charge is 2.58. The zero-order valence-corrected chi connectivity index (χ0v) is 12.1. The average Bonchev–Trinajstić information content (AvgIpc) is 2.34. The third kappa shape index (κ3) is 1.49. The van der Waals surface area contributed by atoms with Crippen LogP contribution in [0.25, 0.3) is 0 Å². The van der Waals surface area contributed by atoms with Crippen LogP contribution in [0.3, 0.4) is 0 Å². The summed E-state index contributed by atoms with van der Waals surface area (Å²) in [4.78, 5) is 0. The van der Waals surface area contributed by atoms with Crippen molar-refractivity contribution in [2.75, 3.05) is 6.54 Å². The first-order chi connectivity index (χ1) is 8.52. The lowest BCUT2D eigenvalue weighted by Gasteiger charge is -2.65. The molecule has 1 heteroatoms. The number of nitrogens with two attached hydrogens (primary N) is 1. The molecule has 0 aliphatic heterocycles. The molecule has 4 bridgehead atoms. The van der Waals surface area contributed by atoms with Crippen molar-refractivity contribution in [2.45, 2.75) is 58.8 Å². The number of hydrogen-bond donors (Lipinski definition) is 1. The summed E-state index contributed by atoms with van der Waals surface area (Å²) >= 11 is 0. The van der Waals surface area contributed by atoms with Crippen LogP contribution in [0.2, 0.25) is 0 Å². The predicted molar refractivity (Wildman–Crippen MR) is 75.0 cm³/mol. The van der Waals surface area contributed by atoms with Crippen molar-refractivity contribution in [1.29, 1.82) is 0 Å². The minimum atomic E-state index is 0.650. The zero-order chi connectivity index (χ0) is 12.5. The van der Waals surface area contributed by atoms with Crippen LogP contribution in [-0.2, 0) is 0 Å². The third-order valence-corrected chi connectivity index (χ3v) is 7.43. The summed E-state index contributed by atoms with van der Waals surface area (Å²) in [5.74, 6) is 5.02. The molecule has 0 aromatic rings. The second-order valence-electron chi connectivity index (χ2n) is 8.93. The van der Waals surface area contributed by atoms with Gasteiger partial charge in [-0.2, -0.15) is 0 Å². The molecule has 0 aromatic heterocycles. The largest absolute Gasteiger partial charge is 0.330 e. The minimum Gasteiger partial charge on any atom is -0.330 e. The van der Waals surface area contributed by atoms with Crippen molar-refractivity contribution in [3.05, 3.63) is 0 Å². The summed E-state index contributed by atoms with van der Waals surface area (Å²) < 4.78 is 0. The van der Waals surface area contributed by atoms with Crippen molar-refractivity contribution in [3.63, 3.8) is 0 Å². The van der Waals surface area contributed by atoms with Crippen LogP contribution in [0.15, 0.2) is 0 Å². The van der Waals surface area contributed by atoms with E-state index in [0.29, 0.717) is 10.8 Å². The van der Waals surface area contributed by atoms with E-state index in [9.17, 15) is 0 Å². The molecule has 4 aliphatic carbocycles. The lowest BCUT2D eigenvalue weighted by atomic mass is 9.41. The molecular weight excluding hydrogens is 218 g/mol. The Bertz CT molecular complexity index is 355. The summed E-state index contributed by atoms with van der Waals surface area (Å²) in [5.41, 5.74) is 7.47. The van der Waals surface area contributed by atoms with Crippen molar-refractivity contribution >= 4 is 0 Å².